The van der Waals surface area contributed by atoms with Gasteiger partial charge in [-0.05, 0) is 44.9 Å². The third kappa shape index (κ3) is 60.3. The molecule has 65 heavy (non-hydrogen) atoms. The molecule has 9 heteroatoms. The molecule has 1 unspecified atom stereocenters. The van der Waals surface area contributed by atoms with Crippen molar-refractivity contribution in [1.82, 2.24) is 11.0 Å². The summed E-state index contributed by atoms with van der Waals surface area (Å²) in [5, 5.41) is 2.74. The van der Waals surface area contributed by atoms with Crippen LogP contribution in [0, 0.1) is 0 Å². The van der Waals surface area contributed by atoms with Crippen LogP contribution < -0.4 is 15.9 Å². The van der Waals surface area contributed by atoms with Crippen LogP contribution in [0.3, 0.4) is 0 Å². The molecule has 1 atom stereocenters. The van der Waals surface area contributed by atoms with Crippen LogP contribution >= 0.6 is 0 Å². The number of hydrogen-bond acceptors (Lipinski definition) is 7. The summed E-state index contributed by atoms with van der Waals surface area (Å²) in [5.41, 5.74) is 2.46. The summed E-state index contributed by atoms with van der Waals surface area (Å²) < 4.78 is 10.6. The van der Waals surface area contributed by atoms with Gasteiger partial charge in [-0.25, -0.2) is 4.79 Å². The third-order valence-electron chi connectivity index (χ3n) is 12.2. The lowest BCUT2D eigenvalue weighted by molar-refractivity contribution is -0.859. The zero-order valence-corrected chi connectivity index (χ0v) is 44.5. The average molecular weight is 926 g/mol. The standard InChI is InChI=1S/C25H52N2O4.C19H40.C12H21NO2/c1-4-5-6-7-8-9-10-11-12-13-14-15-16-17-18-20-25(28)29-22-19-23-30-26-31-24-21-27(2)3;1-3-5-7-9-11-13-15-17-19-18-16-14-12-10-8-6-4-2;1-2-10-13-12(14)15-11-8-6-4-3-5-7-9-11/h26H,4-24H2,1-3H3;3-19H2,1-2H3;3-4,11H,2,5-10H2,1H3,(H,13,14)/p+1/b;;4-3+. The smallest absolute Gasteiger partial charge is 0.407 e. The molecule has 388 valence electrons. The van der Waals surface area contributed by atoms with Crippen LogP contribution in [0.25, 0.3) is 0 Å². The maximum absolute atomic E-state index is 11.7. The molecule has 0 spiro atoms. The van der Waals surface area contributed by atoms with Gasteiger partial charge in [0, 0.05) is 19.4 Å². The molecule has 1 aliphatic carbocycles. The number of rotatable bonds is 44. The fraction of sp³-hybridized carbons (Fsp3) is 0.929. The van der Waals surface area contributed by atoms with Crippen molar-refractivity contribution in [1.29, 1.82) is 0 Å². The van der Waals surface area contributed by atoms with Gasteiger partial charge in [0.2, 0.25) is 0 Å². The van der Waals surface area contributed by atoms with Crippen molar-refractivity contribution >= 4 is 12.1 Å². The van der Waals surface area contributed by atoms with E-state index in [0.717, 1.165) is 57.9 Å². The molecule has 0 fully saturated rings. The first-order valence-electron chi connectivity index (χ1n) is 28.4. The molecule has 1 amide bonds. The second kappa shape index (κ2) is 58.4. The number of ether oxygens (including phenoxy) is 2. The van der Waals surface area contributed by atoms with E-state index in [0.29, 0.717) is 39.2 Å². The predicted molar refractivity (Wildman–Crippen MR) is 278 cm³/mol. The quantitative estimate of drug-likeness (QED) is 0.0242. The molecule has 1 rings (SSSR count). The Labute approximate surface area is 405 Å². The van der Waals surface area contributed by atoms with Crippen molar-refractivity contribution in [2.24, 2.45) is 0 Å². The van der Waals surface area contributed by atoms with E-state index in [1.54, 1.807) is 0 Å². The minimum absolute atomic E-state index is 0.0899. The minimum atomic E-state index is -0.258. The van der Waals surface area contributed by atoms with Gasteiger partial charge in [0.05, 0.1) is 27.3 Å². The molecular weight excluding hydrogens is 811 g/mol. The molecule has 1 aliphatic rings. The van der Waals surface area contributed by atoms with Gasteiger partial charge in [0.25, 0.3) is 0 Å². The Morgan fingerprint density at radius 3 is 1.34 bits per heavy atom. The predicted octanol–water partition coefficient (Wildman–Crippen LogP) is 15.4. The molecule has 0 aromatic carbocycles. The van der Waals surface area contributed by atoms with Crippen molar-refractivity contribution in [3.63, 3.8) is 0 Å². The number of unbranched alkanes of at least 4 members (excludes halogenated alkanes) is 30. The zero-order chi connectivity index (χ0) is 47.8. The Morgan fingerprint density at radius 1 is 0.492 bits per heavy atom. The topological polar surface area (TPSA) is 99.6 Å². The van der Waals surface area contributed by atoms with Gasteiger partial charge in [-0.15, -0.1) is 0 Å². The van der Waals surface area contributed by atoms with Crippen LogP contribution in [0.2, 0.25) is 0 Å². The average Bonchev–Trinajstić information content (AvgIpc) is 3.29. The molecule has 3 N–H and O–H groups in total. The molecular formula is C56H114N3O6+. The summed E-state index contributed by atoms with van der Waals surface area (Å²) in [5.74, 6) is -0.0899. The van der Waals surface area contributed by atoms with Gasteiger partial charge >= 0.3 is 12.1 Å². The van der Waals surface area contributed by atoms with Gasteiger partial charge in [-0.2, -0.15) is 0 Å². The van der Waals surface area contributed by atoms with Crippen molar-refractivity contribution in [2.75, 3.05) is 47.0 Å². The van der Waals surface area contributed by atoms with Crippen LogP contribution in [-0.4, -0.2) is 65.2 Å². The second-order valence-corrected chi connectivity index (χ2v) is 19.2. The highest BCUT2D eigenvalue weighted by atomic mass is 16.9. The number of amides is 1. The van der Waals surface area contributed by atoms with Crippen LogP contribution in [0.5, 0.6) is 0 Å². The van der Waals surface area contributed by atoms with E-state index in [1.165, 1.54) is 198 Å². The summed E-state index contributed by atoms with van der Waals surface area (Å²) in [6, 6.07) is 0. The maximum Gasteiger partial charge on any atom is 0.407 e. The lowest BCUT2D eigenvalue weighted by Gasteiger charge is -2.18. The Kier molecular flexibility index (Phi) is 58.8. The summed E-state index contributed by atoms with van der Waals surface area (Å²) in [6.45, 7) is 12.0. The number of likely N-dealkylation sites (N-methyl/N-ethyl adjacent to an activating group) is 1. The van der Waals surface area contributed by atoms with Crippen LogP contribution in [0.1, 0.15) is 285 Å². The first kappa shape index (κ1) is 65.4. The lowest BCUT2D eigenvalue weighted by Crippen LogP contribution is -3.06. The highest BCUT2D eigenvalue weighted by Crippen LogP contribution is 2.17. The van der Waals surface area contributed by atoms with Crippen LogP contribution in [0.4, 0.5) is 4.79 Å². The molecule has 0 bridgehead atoms. The largest absolute Gasteiger partial charge is 0.466 e. The number of allylic oxidation sites excluding steroid dienone is 2. The fourth-order valence-corrected chi connectivity index (χ4v) is 7.87. The van der Waals surface area contributed by atoms with E-state index < -0.39 is 0 Å². The van der Waals surface area contributed by atoms with E-state index in [-0.39, 0.29) is 18.2 Å². The number of carbonyl (C=O) groups is 2. The Hall–Kier alpha value is -1.68. The van der Waals surface area contributed by atoms with Gasteiger partial charge < -0.3 is 19.7 Å². The summed E-state index contributed by atoms with van der Waals surface area (Å²) in [7, 11) is 4.13. The number of carbonyl (C=O) groups excluding carboxylic acids is 2. The molecule has 0 saturated carbocycles. The Bertz CT molecular complexity index is 935. The van der Waals surface area contributed by atoms with E-state index in [2.05, 4.69) is 58.0 Å². The number of alkyl carbamates (subject to hydrolysis) is 1. The fourth-order valence-electron chi connectivity index (χ4n) is 7.87. The highest BCUT2D eigenvalue weighted by molar-refractivity contribution is 5.69. The third-order valence-corrected chi connectivity index (χ3v) is 12.2. The molecule has 0 aromatic rings. The van der Waals surface area contributed by atoms with Crippen LogP contribution in [-0.2, 0) is 23.9 Å². The molecule has 0 radical (unpaired) electrons. The van der Waals surface area contributed by atoms with E-state index in [1.807, 2.05) is 6.92 Å². The van der Waals surface area contributed by atoms with Crippen molar-refractivity contribution in [2.45, 2.75) is 291 Å². The number of quaternary nitrogens is 1. The first-order valence-corrected chi connectivity index (χ1v) is 28.4. The van der Waals surface area contributed by atoms with Crippen molar-refractivity contribution in [3.8, 4) is 0 Å². The van der Waals surface area contributed by atoms with E-state index >= 15 is 0 Å². The second-order valence-electron chi connectivity index (χ2n) is 19.2. The van der Waals surface area contributed by atoms with Crippen molar-refractivity contribution < 1.29 is 33.6 Å². The normalized spacial score (nSPS) is 14.1. The number of nitrogens with one attached hydrogen (secondary N) is 3. The lowest BCUT2D eigenvalue weighted by atomic mass is 10.0. The number of esters is 1. The monoisotopic (exact) mass is 925 g/mol. The summed E-state index contributed by atoms with van der Waals surface area (Å²) >= 11 is 0. The SMILES string of the molecule is CCCCCCCCCCCCCCCCCC(=O)OCCCONOCC[NH+](C)C.CCCCCCCCCCCCCCCCCCC.CCCNC(=O)OC1CC/C=C/CCC1. The molecule has 0 aliphatic heterocycles. The summed E-state index contributed by atoms with van der Waals surface area (Å²) in [4.78, 5) is 34.6. The van der Waals surface area contributed by atoms with E-state index in [4.69, 9.17) is 19.1 Å². The van der Waals surface area contributed by atoms with E-state index in [9.17, 15) is 9.59 Å². The first-order chi connectivity index (χ1) is 31.9. The molecule has 0 saturated heterocycles. The summed E-state index contributed by atoms with van der Waals surface area (Å²) in [6.07, 6.45) is 56.5. The highest BCUT2D eigenvalue weighted by Gasteiger charge is 2.14. The van der Waals surface area contributed by atoms with Gasteiger partial charge in [-0.1, -0.05) is 245 Å². The molecule has 0 aromatic heterocycles. The zero-order valence-electron chi connectivity index (χ0n) is 44.5. The maximum atomic E-state index is 11.7. The van der Waals surface area contributed by atoms with Gasteiger partial charge in [0.1, 0.15) is 19.3 Å². The van der Waals surface area contributed by atoms with Crippen LogP contribution in [0.15, 0.2) is 12.2 Å². The minimum Gasteiger partial charge on any atom is -0.466 e. The number of hydrogen-bond donors (Lipinski definition) is 3. The molecule has 0 heterocycles. The Balaban J connectivity index is 0. The van der Waals surface area contributed by atoms with Crippen molar-refractivity contribution in [3.05, 3.63) is 12.2 Å². The van der Waals surface area contributed by atoms with Gasteiger partial charge in [-0.3, -0.25) is 14.5 Å². The molecule has 9 nitrogen and oxygen atoms in total. The van der Waals surface area contributed by atoms with Gasteiger partial charge in [0.15, 0.2) is 0 Å². The Morgan fingerprint density at radius 2 is 0.908 bits per heavy atom.